The zero-order chi connectivity index (χ0) is 16.8. The molecule has 0 radical (unpaired) electrons. The van der Waals surface area contributed by atoms with Gasteiger partial charge in [0.05, 0.1) is 0 Å². The molecule has 0 spiro atoms. The predicted octanol–water partition coefficient (Wildman–Crippen LogP) is 4.03. The standard InChI is InChI=1S/C20H25N3O.2ClH/c21-19-6-4-5-18(13-19)20(24)22-14-16-7-9-17(10-8-16)15-23-11-2-1-3-12-23;;/h4-10,13H,1-3,11-12,14-15,21H2,(H,22,24);2*1H. The Morgan fingerprint density at radius 3 is 2.27 bits per heavy atom. The minimum Gasteiger partial charge on any atom is -0.399 e. The van der Waals surface area contributed by atoms with Gasteiger partial charge < -0.3 is 11.1 Å². The third kappa shape index (κ3) is 6.52. The molecule has 0 bridgehead atoms. The number of hydrogen-bond donors (Lipinski definition) is 2. The Balaban J connectivity index is 0.00000169. The quantitative estimate of drug-likeness (QED) is 0.751. The molecule has 0 atom stereocenters. The summed E-state index contributed by atoms with van der Waals surface area (Å²) in [6.07, 6.45) is 3.99. The fraction of sp³-hybridized carbons (Fsp3) is 0.350. The second-order valence-electron chi connectivity index (χ2n) is 6.46. The molecule has 0 saturated carbocycles. The monoisotopic (exact) mass is 395 g/mol. The van der Waals surface area contributed by atoms with Crippen molar-refractivity contribution in [3.63, 3.8) is 0 Å². The van der Waals surface area contributed by atoms with E-state index in [0.717, 1.165) is 12.1 Å². The molecule has 1 saturated heterocycles. The highest BCUT2D eigenvalue weighted by atomic mass is 35.5. The minimum atomic E-state index is -0.0975. The van der Waals surface area contributed by atoms with E-state index in [1.807, 2.05) is 0 Å². The predicted molar refractivity (Wildman–Crippen MR) is 112 cm³/mol. The molecule has 4 nitrogen and oxygen atoms in total. The average Bonchev–Trinajstić information content (AvgIpc) is 2.62. The highest BCUT2D eigenvalue weighted by Crippen LogP contribution is 2.14. The van der Waals surface area contributed by atoms with Crippen LogP contribution in [-0.2, 0) is 13.1 Å². The lowest BCUT2D eigenvalue weighted by Crippen LogP contribution is -2.29. The van der Waals surface area contributed by atoms with E-state index in [1.54, 1.807) is 24.3 Å². The lowest BCUT2D eigenvalue weighted by Gasteiger charge is -2.26. The second-order valence-corrected chi connectivity index (χ2v) is 6.46. The molecule has 0 aliphatic carbocycles. The van der Waals surface area contributed by atoms with Crippen LogP contribution in [0, 0.1) is 0 Å². The van der Waals surface area contributed by atoms with Gasteiger partial charge in [-0.15, -0.1) is 24.8 Å². The van der Waals surface area contributed by atoms with Crippen molar-refractivity contribution in [2.24, 2.45) is 0 Å². The number of hydrogen-bond acceptors (Lipinski definition) is 3. The Bertz CT molecular complexity index is 686. The molecular weight excluding hydrogens is 369 g/mol. The van der Waals surface area contributed by atoms with Gasteiger partial charge in [0.15, 0.2) is 0 Å². The molecule has 2 aromatic carbocycles. The molecule has 1 amide bonds. The number of nitrogens with two attached hydrogens (primary N) is 1. The van der Waals surface area contributed by atoms with Crippen molar-refractivity contribution < 1.29 is 4.79 Å². The molecular formula is C20H27Cl2N3O. The Labute approximate surface area is 168 Å². The lowest BCUT2D eigenvalue weighted by atomic mass is 10.1. The first kappa shape index (κ1) is 22.3. The molecule has 1 aliphatic heterocycles. The van der Waals surface area contributed by atoms with E-state index >= 15 is 0 Å². The summed E-state index contributed by atoms with van der Waals surface area (Å²) in [6, 6.07) is 15.5. The highest BCUT2D eigenvalue weighted by molar-refractivity contribution is 5.94. The Hall–Kier alpha value is -1.75. The summed E-state index contributed by atoms with van der Waals surface area (Å²) in [4.78, 5) is 14.6. The molecule has 1 aliphatic rings. The zero-order valence-corrected chi connectivity index (χ0v) is 16.5. The van der Waals surface area contributed by atoms with Crippen LogP contribution in [0.2, 0.25) is 0 Å². The van der Waals surface area contributed by atoms with E-state index in [0.29, 0.717) is 17.8 Å². The summed E-state index contributed by atoms with van der Waals surface area (Å²) >= 11 is 0. The third-order valence-corrected chi connectivity index (χ3v) is 4.48. The Kier molecular flexibility index (Phi) is 9.49. The summed E-state index contributed by atoms with van der Waals surface area (Å²) in [7, 11) is 0. The first-order valence-electron chi connectivity index (χ1n) is 8.64. The van der Waals surface area contributed by atoms with Crippen molar-refractivity contribution in [2.45, 2.75) is 32.4 Å². The number of anilines is 1. The van der Waals surface area contributed by atoms with Crippen molar-refractivity contribution in [2.75, 3.05) is 18.8 Å². The van der Waals surface area contributed by atoms with Crippen LogP contribution in [0.1, 0.15) is 40.7 Å². The maximum atomic E-state index is 12.1. The van der Waals surface area contributed by atoms with Gasteiger partial charge in [-0.25, -0.2) is 0 Å². The molecule has 2 aromatic rings. The van der Waals surface area contributed by atoms with Crippen LogP contribution < -0.4 is 11.1 Å². The molecule has 3 N–H and O–H groups in total. The van der Waals surface area contributed by atoms with E-state index in [1.165, 1.54) is 37.9 Å². The smallest absolute Gasteiger partial charge is 0.251 e. The maximum absolute atomic E-state index is 12.1. The van der Waals surface area contributed by atoms with Crippen LogP contribution in [0.4, 0.5) is 5.69 Å². The van der Waals surface area contributed by atoms with E-state index in [4.69, 9.17) is 5.73 Å². The molecule has 0 aromatic heterocycles. The number of halogens is 2. The first-order valence-corrected chi connectivity index (χ1v) is 8.64. The van der Waals surface area contributed by atoms with Gasteiger partial charge in [0.1, 0.15) is 0 Å². The van der Waals surface area contributed by atoms with Crippen LogP contribution in [0.5, 0.6) is 0 Å². The van der Waals surface area contributed by atoms with Crippen LogP contribution in [0.25, 0.3) is 0 Å². The van der Waals surface area contributed by atoms with Crippen LogP contribution in [-0.4, -0.2) is 23.9 Å². The van der Waals surface area contributed by atoms with Crippen molar-refractivity contribution in [3.8, 4) is 0 Å². The van der Waals surface area contributed by atoms with Crippen molar-refractivity contribution in [3.05, 3.63) is 65.2 Å². The van der Waals surface area contributed by atoms with Crippen molar-refractivity contribution in [1.82, 2.24) is 10.2 Å². The van der Waals surface area contributed by atoms with Gasteiger partial charge in [0.25, 0.3) is 5.91 Å². The SMILES string of the molecule is Cl.Cl.Nc1cccc(C(=O)NCc2ccc(CN3CCCCC3)cc2)c1. The number of amides is 1. The van der Waals surface area contributed by atoms with E-state index < -0.39 is 0 Å². The number of benzene rings is 2. The summed E-state index contributed by atoms with van der Waals surface area (Å²) in [6.45, 7) is 3.96. The summed E-state index contributed by atoms with van der Waals surface area (Å²) in [5, 5.41) is 2.94. The molecule has 26 heavy (non-hydrogen) atoms. The molecule has 6 heteroatoms. The van der Waals surface area contributed by atoms with Crippen molar-refractivity contribution in [1.29, 1.82) is 0 Å². The number of nitrogens with one attached hydrogen (secondary N) is 1. The Morgan fingerprint density at radius 1 is 0.962 bits per heavy atom. The van der Waals surface area contributed by atoms with Crippen LogP contribution >= 0.6 is 24.8 Å². The van der Waals surface area contributed by atoms with Gasteiger partial charge in [0, 0.05) is 24.3 Å². The average molecular weight is 396 g/mol. The van der Waals surface area contributed by atoms with E-state index in [-0.39, 0.29) is 30.7 Å². The number of nitrogens with zero attached hydrogens (tertiary/aromatic N) is 1. The maximum Gasteiger partial charge on any atom is 0.251 e. The Morgan fingerprint density at radius 2 is 1.62 bits per heavy atom. The molecule has 3 rings (SSSR count). The van der Waals surface area contributed by atoms with E-state index in [9.17, 15) is 4.79 Å². The second kappa shape index (κ2) is 11.1. The molecule has 1 fully saturated rings. The van der Waals surface area contributed by atoms with Gasteiger partial charge >= 0.3 is 0 Å². The summed E-state index contributed by atoms with van der Waals surface area (Å²) < 4.78 is 0. The van der Waals surface area contributed by atoms with Gasteiger partial charge in [-0.3, -0.25) is 9.69 Å². The first-order chi connectivity index (χ1) is 11.7. The largest absolute Gasteiger partial charge is 0.399 e. The topological polar surface area (TPSA) is 58.4 Å². The highest BCUT2D eigenvalue weighted by Gasteiger charge is 2.10. The van der Waals surface area contributed by atoms with Gasteiger partial charge in [-0.1, -0.05) is 36.8 Å². The molecule has 0 unspecified atom stereocenters. The van der Waals surface area contributed by atoms with Gasteiger partial charge in [-0.05, 0) is 55.3 Å². The number of rotatable bonds is 5. The summed E-state index contributed by atoms with van der Waals surface area (Å²) in [5.74, 6) is -0.0975. The minimum absolute atomic E-state index is 0. The molecule has 142 valence electrons. The summed E-state index contributed by atoms with van der Waals surface area (Å²) in [5.41, 5.74) is 9.35. The van der Waals surface area contributed by atoms with Crippen LogP contribution in [0.15, 0.2) is 48.5 Å². The normalized spacial score (nSPS) is 14.0. The van der Waals surface area contributed by atoms with Crippen molar-refractivity contribution >= 4 is 36.4 Å². The lowest BCUT2D eigenvalue weighted by molar-refractivity contribution is 0.0951. The third-order valence-electron chi connectivity index (χ3n) is 4.48. The van der Waals surface area contributed by atoms with Crippen LogP contribution in [0.3, 0.4) is 0 Å². The number of nitrogen functional groups attached to an aromatic ring is 1. The zero-order valence-electron chi connectivity index (χ0n) is 14.8. The number of carbonyl (C=O) groups is 1. The fourth-order valence-electron chi connectivity index (χ4n) is 3.10. The number of likely N-dealkylation sites (tertiary alicyclic amines) is 1. The van der Waals surface area contributed by atoms with Gasteiger partial charge in [-0.2, -0.15) is 0 Å². The fourth-order valence-corrected chi connectivity index (χ4v) is 3.10. The number of carbonyl (C=O) groups excluding carboxylic acids is 1. The van der Waals surface area contributed by atoms with Gasteiger partial charge in [0.2, 0.25) is 0 Å². The van der Waals surface area contributed by atoms with E-state index in [2.05, 4.69) is 34.5 Å². The molecule has 1 heterocycles. The number of piperidine rings is 1.